The van der Waals surface area contributed by atoms with Crippen molar-refractivity contribution in [1.29, 1.82) is 0 Å². The quantitative estimate of drug-likeness (QED) is 0.873. The molecule has 0 radical (unpaired) electrons. The third kappa shape index (κ3) is 3.56. The van der Waals surface area contributed by atoms with Crippen LogP contribution in [0.1, 0.15) is 51.1 Å². The topological polar surface area (TPSA) is 39.1 Å². The summed E-state index contributed by atoms with van der Waals surface area (Å²) in [6.07, 6.45) is 9.11. The molecule has 1 fully saturated rings. The van der Waals surface area contributed by atoms with E-state index in [0.717, 1.165) is 19.4 Å². The van der Waals surface area contributed by atoms with Crippen LogP contribution >= 0.6 is 0 Å². The highest BCUT2D eigenvalue weighted by molar-refractivity contribution is 5.09. The van der Waals surface area contributed by atoms with E-state index in [4.69, 9.17) is 4.74 Å². The number of rotatable bonds is 5. The second kappa shape index (κ2) is 6.34. The van der Waals surface area contributed by atoms with Crippen LogP contribution in [0.3, 0.4) is 0 Å². The molecule has 2 rings (SSSR count). The van der Waals surface area contributed by atoms with Crippen LogP contribution in [0.25, 0.3) is 0 Å². The molecule has 102 valence electrons. The summed E-state index contributed by atoms with van der Waals surface area (Å²) in [7, 11) is 1.96. The first-order valence-electron chi connectivity index (χ1n) is 7.05. The molecule has 4 heteroatoms. The van der Waals surface area contributed by atoms with Crippen molar-refractivity contribution in [3.05, 3.63) is 18.0 Å². The van der Waals surface area contributed by atoms with Gasteiger partial charge in [-0.05, 0) is 26.2 Å². The highest BCUT2D eigenvalue weighted by Crippen LogP contribution is 2.21. The molecule has 1 saturated heterocycles. The molecular weight excluding hydrogens is 226 g/mol. The van der Waals surface area contributed by atoms with Gasteiger partial charge in [0.15, 0.2) is 0 Å². The van der Waals surface area contributed by atoms with Gasteiger partial charge in [0.05, 0.1) is 12.3 Å². The number of nitrogens with zero attached hydrogens (tertiary/aromatic N) is 2. The molecule has 0 spiro atoms. The van der Waals surface area contributed by atoms with Gasteiger partial charge in [0.25, 0.3) is 0 Å². The molecule has 3 unspecified atom stereocenters. The van der Waals surface area contributed by atoms with Crippen LogP contribution < -0.4 is 5.32 Å². The van der Waals surface area contributed by atoms with E-state index < -0.39 is 0 Å². The number of ether oxygens (including phenoxy) is 1. The molecule has 1 aromatic heterocycles. The number of aromatic nitrogens is 2. The SMILES string of the molecule is CCCC1CC(NC(C)c2cnn(C)c2)CCO1. The van der Waals surface area contributed by atoms with E-state index in [9.17, 15) is 0 Å². The van der Waals surface area contributed by atoms with Crippen LogP contribution in [0, 0.1) is 0 Å². The Morgan fingerprint density at radius 1 is 1.61 bits per heavy atom. The maximum Gasteiger partial charge on any atom is 0.0589 e. The largest absolute Gasteiger partial charge is 0.378 e. The van der Waals surface area contributed by atoms with Crippen molar-refractivity contribution in [1.82, 2.24) is 15.1 Å². The van der Waals surface area contributed by atoms with Gasteiger partial charge in [-0.2, -0.15) is 5.10 Å². The zero-order chi connectivity index (χ0) is 13.0. The summed E-state index contributed by atoms with van der Waals surface area (Å²) in [4.78, 5) is 0. The Morgan fingerprint density at radius 3 is 3.11 bits per heavy atom. The van der Waals surface area contributed by atoms with E-state index in [1.807, 2.05) is 17.9 Å². The van der Waals surface area contributed by atoms with Gasteiger partial charge >= 0.3 is 0 Å². The Hall–Kier alpha value is -0.870. The number of nitrogens with one attached hydrogen (secondary N) is 1. The molecule has 18 heavy (non-hydrogen) atoms. The first-order valence-corrected chi connectivity index (χ1v) is 7.05. The van der Waals surface area contributed by atoms with Gasteiger partial charge in [0.2, 0.25) is 0 Å². The van der Waals surface area contributed by atoms with Gasteiger partial charge < -0.3 is 10.1 Å². The van der Waals surface area contributed by atoms with Gasteiger partial charge in [-0.15, -0.1) is 0 Å². The molecule has 0 saturated carbocycles. The highest BCUT2D eigenvalue weighted by atomic mass is 16.5. The summed E-state index contributed by atoms with van der Waals surface area (Å²) in [5.41, 5.74) is 1.26. The molecular formula is C14H25N3O. The average molecular weight is 251 g/mol. The van der Waals surface area contributed by atoms with Crippen LogP contribution in [-0.2, 0) is 11.8 Å². The number of hydrogen-bond acceptors (Lipinski definition) is 3. The van der Waals surface area contributed by atoms with Gasteiger partial charge in [-0.25, -0.2) is 0 Å². The fourth-order valence-electron chi connectivity index (χ4n) is 2.67. The highest BCUT2D eigenvalue weighted by Gasteiger charge is 2.23. The standard InChI is InChI=1S/C14H25N3O/c1-4-5-14-8-13(6-7-18-14)16-11(2)12-9-15-17(3)10-12/h9-11,13-14,16H,4-8H2,1-3H3. The minimum atomic E-state index is 0.365. The van der Waals surface area contributed by atoms with Crippen molar-refractivity contribution >= 4 is 0 Å². The number of hydrogen-bond donors (Lipinski definition) is 1. The van der Waals surface area contributed by atoms with E-state index in [1.165, 1.54) is 18.4 Å². The Kier molecular flexibility index (Phi) is 4.78. The summed E-state index contributed by atoms with van der Waals surface area (Å²) in [6.45, 7) is 5.32. The van der Waals surface area contributed by atoms with Crippen molar-refractivity contribution < 1.29 is 4.74 Å². The van der Waals surface area contributed by atoms with E-state index in [2.05, 4.69) is 30.5 Å². The molecule has 0 aliphatic carbocycles. The van der Waals surface area contributed by atoms with Crippen LogP contribution in [0.5, 0.6) is 0 Å². The van der Waals surface area contributed by atoms with E-state index >= 15 is 0 Å². The molecule has 2 heterocycles. The Morgan fingerprint density at radius 2 is 2.44 bits per heavy atom. The van der Waals surface area contributed by atoms with Crippen molar-refractivity contribution in [2.45, 2.75) is 57.7 Å². The monoisotopic (exact) mass is 251 g/mol. The average Bonchev–Trinajstić information content (AvgIpc) is 2.77. The zero-order valence-electron chi connectivity index (χ0n) is 11.7. The summed E-state index contributed by atoms with van der Waals surface area (Å²) in [6, 6.07) is 0.939. The molecule has 0 aromatic carbocycles. The third-order valence-corrected chi connectivity index (χ3v) is 3.69. The maximum atomic E-state index is 5.78. The first-order chi connectivity index (χ1) is 8.69. The molecule has 1 aromatic rings. The molecule has 0 amide bonds. The third-order valence-electron chi connectivity index (χ3n) is 3.69. The minimum Gasteiger partial charge on any atom is -0.378 e. The molecule has 1 aliphatic heterocycles. The normalized spacial score (nSPS) is 26.2. The van der Waals surface area contributed by atoms with Crippen LogP contribution in [0.15, 0.2) is 12.4 Å². The molecule has 1 aliphatic rings. The summed E-state index contributed by atoms with van der Waals surface area (Å²) in [5, 5.41) is 7.93. The Labute approximate surface area is 110 Å². The van der Waals surface area contributed by atoms with Crippen LogP contribution in [0.4, 0.5) is 0 Å². The predicted molar refractivity (Wildman–Crippen MR) is 72.4 cm³/mol. The van der Waals surface area contributed by atoms with E-state index in [1.54, 1.807) is 0 Å². The zero-order valence-corrected chi connectivity index (χ0v) is 11.7. The van der Waals surface area contributed by atoms with Crippen molar-refractivity contribution in [3.63, 3.8) is 0 Å². The number of aryl methyl sites for hydroxylation is 1. The lowest BCUT2D eigenvalue weighted by Gasteiger charge is -2.32. The van der Waals surface area contributed by atoms with E-state index in [0.29, 0.717) is 18.2 Å². The van der Waals surface area contributed by atoms with Gasteiger partial charge in [0, 0.05) is 37.5 Å². The van der Waals surface area contributed by atoms with Crippen LogP contribution in [0.2, 0.25) is 0 Å². The van der Waals surface area contributed by atoms with Crippen molar-refractivity contribution in [3.8, 4) is 0 Å². The molecule has 3 atom stereocenters. The van der Waals surface area contributed by atoms with Gasteiger partial charge in [0.1, 0.15) is 0 Å². The Bertz CT molecular complexity index is 362. The van der Waals surface area contributed by atoms with Gasteiger partial charge in [-0.1, -0.05) is 13.3 Å². The molecule has 1 N–H and O–H groups in total. The smallest absolute Gasteiger partial charge is 0.0589 e. The maximum absolute atomic E-state index is 5.78. The summed E-state index contributed by atoms with van der Waals surface area (Å²) in [5.74, 6) is 0. The molecule has 4 nitrogen and oxygen atoms in total. The van der Waals surface area contributed by atoms with Crippen LogP contribution in [-0.4, -0.2) is 28.5 Å². The second-order valence-corrected chi connectivity index (χ2v) is 5.34. The van der Waals surface area contributed by atoms with Crippen molar-refractivity contribution in [2.75, 3.05) is 6.61 Å². The fourth-order valence-corrected chi connectivity index (χ4v) is 2.67. The molecule has 0 bridgehead atoms. The fraction of sp³-hybridized carbons (Fsp3) is 0.786. The lowest BCUT2D eigenvalue weighted by molar-refractivity contribution is -0.00472. The lowest BCUT2D eigenvalue weighted by Crippen LogP contribution is -2.40. The second-order valence-electron chi connectivity index (χ2n) is 5.34. The predicted octanol–water partition coefficient (Wildman–Crippen LogP) is 2.42. The van der Waals surface area contributed by atoms with E-state index in [-0.39, 0.29) is 0 Å². The summed E-state index contributed by atoms with van der Waals surface area (Å²) >= 11 is 0. The first kappa shape index (κ1) is 13.6. The lowest BCUT2D eigenvalue weighted by atomic mass is 9.99. The minimum absolute atomic E-state index is 0.365. The summed E-state index contributed by atoms with van der Waals surface area (Å²) < 4.78 is 7.64. The van der Waals surface area contributed by atoms with Crippen molar-refractivity contribution in [2.24, 2.45) is 7.05 Å². The van der Waals surface area contributed by atoms with Gasteiger partial charge in [-0.3, -0.25) is 4.68 Å². The Balaban J connectivity index is 1.85.